The van der Waals surface area contributed by atoms with Crippen LogP contribution in [0.4, 0.5) is 0 Å². The Labute approximate surface area is 106 Å². The summed E-state index contributed by atoms with van der Waals surface area (Å²) in [4.78, 5) is 4.20. The zero-order valence-electron chi connectivity index (χ0n) is 10.5. The Balaban J connectivity index is 2.14. The topological polar surface area (TPSA) is 61.8 Å². The molecule has 92 valence electrons. The van der Waals surface area contributed by atoms with Crippen LogP contribution in [0.3, 0.4) is 0 Å². The predicted molar refractivity (Wildman–Crippen MR) is 67.8 cm³/mol. The number of imidazole rings is 1. The van der Waals surface area contributed by atoms with Crippen molar-refractivity contribution in [2.75, 3.05) is 0 Å². The summed E-state index contributed by atoms with van der Waals surface area (Å²) in [7, 11) is 0. The molecule has 0 fully saturated rings. The third-order valence-electron chi connectivity index (χ3n) is 3.14. The van der Waals surface area contributed by atoms with Crippen molar-refractivity contribution >= 4 is 0 Å². The number of aromatic nitrogens is 2. The van der Waals surface area contributed by atoms with E-state index in [9.17, 15) is 5.11 Å². The molecule has 0 saturated heterocycles. The number of aryl methyl sites for hydroxylation is 1. The van der Waals surface area contributed by atoms with Gasteiger partial charge in [-0.05, 0) is 31.5 Å². The van der Waals surface area contributed by atoms with E-state index in [1.807, 2.05) is 18.4 Å². The van der Waals surface area contributed by atoms with Crippen molar-refractivity contribution in [1.82, 2.24) is 9.55 Å². The molecule has 0 radical (unpaired) electrons. The number of rotatable bonds is 3. The molecule has 4 nitrogen and oxygen atoms in total. The lowest BCUT2D eigenvalue weighted by Crippen LogP contribution is -2.09. The number of aliphatic hydroxyl groups excluding tert-OH is 1. The molecule has 1 aromatic carbocycles. The predicted octanol–water partition coefficient (Wildman–Crippen LogP) is 2.11. The fourth-order valence-corrected chi connectivity index (χ4v) is 1.80. The average Bonchev–Trinajstić information content (AvgIpc) is 2.71. The molecule has 4 heteroatoms. The first-order valence-corrected chi connectivity index (χ1v) is 5.78. The Morgan fingerprint density at radius 2 is 2.00 bits per heavy atom. The highest BCUT2D eigenvalue weighted by atomic mass is 16.3. The maximum atomic E-state index is 10.1. The van der Waals surface area contributed by atoms with E-state index in [1.165, 1.54) is 0 Å². The van der Waals surface area contributed by atoms with Gasteiger partial charge in [-0.15, -0.1) is 0 Å². The lowest BCUT2D eigenvalue weighted by Gasteiger charge is -2.13. The van der Waals surface area contributed by atoms with Crippen molar-refractivity contribution in [3.05, 3.63) is 53.1 Å². The minimum atomic E-state index is -0.593. The second-order valence-electron chi connectivity index (χ2n) is 4.32. The maximum absolute atomic E-state index is 10.1. The standard InChI is InChI=1S/C14H15N3O/c1-10-11(2)17(9-16-10)8-14(18)13-5-3-12(7-15)4-6-13/h3-6,9,14,18H,8H2,1-2H3. The van der Waals surface area contributed by atoms with Crippen LogP contribution in [0.15, 0.2) is 30.6 Å². The summed E-state index contributed by atoms with van der Waals surface area (Å²) in [6.07, 6.45) is 1.14. The summed E-state index contributed by atoms with van der Waals surface area (Å²) in [6.45, 7) is 4.40. The summed E-state index contributed by atoms with van der Waals surface area (Å²) in [5.74, 6) is 0. The van der Waals surface area contributed by atoms with Gasteiger partial charge < -0.3 is 9.67 Å². The third kappa shape index (κ3) is 2.41. The normalized spacial score (nSPS) is 12.1. The molecule has 1 atom stereocenters. The van der Waals surface area contributed by atoms with Gasteiger partial charge in [0.1, 0.15) is 0 Å². The second kappa shape index (κ2) is 5.03. The molecule has 0 amide bonds. The monoisotopic (exact) mass is 241 g/mol. The number of benzene rings is 1. The van der Waals surface area contributed by atoms with Crippen LogP contribution >= 0.6 is 0 Å². The lowest BCUT2D eigenvalue weighted by molar-refractivity contribution is 0.155. The molecule has 1 N–H and O–H groups in total. The summed E-state index contributed by atoms with van der Waals surface area (Å²) >= 11 is 0. The van der Waals surface area contributed by atoms with Crippen molar-refractivity contribution in [2.24, 2.45) is 0 Å². The van der Waals surface area contributed by atoms with E-state index in [4.69, 9.17) is 5.26 Å². The average molecular weight is 241 g/mol. The number of aliphatic hydroxyl groups is 1. The Hall–Kier alpha value is -2.12. The molecular formula is C14H15N3O. The molecule has 0 aliphatic heterocycles. The Kier molecular flexibility index (Phi) is 3.45. The summed E-state index contributed by atoms with van der Waals surface area (Å²) in [5, 5.41) is 18.9. The molecule has 18 heavy (non-hydrogen) atoms. The highest BCUT2D eigenvalue weighted by Gasteiger charge is 2.10. The zero-order chi connectivity index (χ0) is 13.1. The number of nitrogens with zero attached hydrogens (tertiary/aromatic N) is 3. The second-order valence-corrected chi connectivity index (χ2v) is 4.32. The maximum Gasteiger partial charge on any atom is 0.0991 e. The minimum absolute atomic E-state index is 0.471. The van der Waals surface area contributed by atoms with Crippen molar-refractivity contribution < 1.29 is 5.11 Å². The van der Waals surface area contributed by atoms with Gasteiger partial charge in [-0.2, -0.15) is 5.26 Å². The quantitative estimate of drug-likeness (QED) is 0.895. The SMILES string of the molecule is Cc1ncn(CC(O)c2ccc(C#N)cc2)c1C. The molecule has 0 aliphatic rings. The summed E-state index contributed by atoms with van der Waals surface area (Å²) in [5.41, 5.74) is 3.44. The Bertz CT molecular complexity index is 578. The third-order valence-corrected chi connectivity index (χ3v) is 3.14. The molecule has 0 aliphatic carbocycles. The van der Waals surface area contributed by atoms with E-state index in [-0.39, 0.29) is 0 Å². The summed E-state index contributed by atoms with van der Waals surface area (Å²) in [6, 6.07) is 9.04. The van der Waals surface area contributed by atoms with Crippen molar-refractivity contribution in [2.45, 2.75) is 26.5 Å². The molecule has 1 heterocycles. The van der Waals surface area contributed by atoms with Crippen LogP contribution in [0, 0.1) is 25.2 Å². The molecular weight excluding hydrogens is 226 g/mol. The fourth-order valence-electron chi connectivity index (χ4n) is 1.80. The first kappa shape index (κ1) is 12.3. The molecule has 2 rings (SSSR count). The van der Waals surface area contributed by atoms with Crippen molar-refractivity contribution in [3.8, 4) is 6.07 Å². The van der Waals surface area contributed by atoms with E-state index in [0.717, 1.165) is 17.0 Å². The fraction of sp³-hybridized carbons (Fsp3) is 0.286. The van der Waals surface area contributed by atoms with E-state index < -0.39 is 6.10 Å². The lowest BCUT2D eigenvalue weighted by atomic mass is 10.1. The zero-order valence-corrected chi connectivity index (χ0v) is 10.5. The molecule has 2 aromatic rings. The largest absolute Gasteiger partial charge is 0.387 e. The van der Waals surface area contributed by atoms with Crippen LogP contribution < -0.4 is 0 Å². The van der Waals surface area contributed by atoms with E-state index in [1.54, 1.807) is 30.6 Å². The smallest absolute Gasteiger partial charge is 0.0991 e. The van der Waals surface area contributed by atoms with E-state index >= 15 is 0 Å². The number of hydrogen-bond acceptors (Lipinski definition) is 3. The van der Waals surface area contributed by atoms with Crippen molar-refractivity contribution in [1.29, 1.82) is 5.26 Å². The Morgan fingerprint density at radius 1 is 1.33 bits per heavy atom. The van der Waals surface area contributed by atoms with Gasteiger partial charge in [-0.3, -0.25) is 0 Å². The molecule has 0 spiro atoms. The van der Waals surface area contributed by atoms with Gasteiger partial charge in [0.2, 0.25) is 0 Å². The first-order valence-electron chi connectivity index (χ1n) is 5.78. The van der Waals surface area contributed by atoms with Gasteiger partial charge in [0.05, 0.1) is 36.3 Å². The minimum Gasteiger partial charge on any atom is -0.387 e. The van der Waals surface area contributed by atoms with Crippen LogP contribution in [0.1, 0.15) is 28.6 Å². The van der Waals surface area contributed by atoms with Gasteiger partial charge >= 0.3 is 0 Å². The van der Waals surface area contributed by atoms with Gasteiger partial charge in [-0.25, -0.2) is 4.98 Å². The van der Waals surface area contributed by atoms with Crippen LogP contribution in [-0.2, 0) is 6.54 Å². The highest BCUT2D eigenvalue weighted by molar-refractivity contribution is 5.32. The van der Waals surface area contributed by atoms with Gasteiger partial charge in [0.15, 0.2) is 0 Å². The van der Waals surface area contributed by atoms with Crippen LogP contribution in [0.25, 0.3) is 0 Å². The molecule has 1 unspecified atom stereocenters. The highest BCUT2D eigenvalue weighted by Crippen LogP contribution is 2.17. The number of hydrogen-bond donors (Lipinski definition) is 1. The van der Waals surface area contributed by atoms with Gasteiger partial charge in [0.25, 0.3) is 0 Å². The van der Waals surface area contributed by atoms with E-state index in [2.05, 4.69) is 11.1 Å². The first-order chi connectivity index (χ1) is 8.61. The van der Waals surface area contributed by atoms with Gasteiger partial charge in [-0.1, -0.05) is 12.1 Å². The van der Waals surface area contributed by atoms with E-state index in [0.29, 0.717) is 12.1 Å². The van der Waals surface area contributed by atoms with Crippen LogP contribution in [-0.4, -0.2) is 14.7 Å². The molecule has 0 saturated carbocycles. The van der Waals surface area contributed by atoms with Crippen molar-refractivity contribution in [3.63, 3.8) is 0 Å². The van der Waals surface area contributed by atoms with Gasteiger partial charge in [0, 0.05) is 5.69 Å². The Morgan fingerprint density at radius 3 is 2.50 bits per heavy atom. The molecule has 0 bridgehead atoms. The summed E-state index contributed by atoms with van der Waals surface area (Å²) < 4.78 is 1.93. The number of nitriles is 1. The molecule has 1 aromatic heterocycles. The van der Waals surface area contributed by atoms with Crippen LogP contribution in [0.5, 0.6) is 0 Å². The van der Waals surface area contributed by atoms with Crippen LogP contribution in [0.2, 0.25) is 0 Å².